The van der Waals surface area contributed by atoms with Gasteiger partial charge in [-0.1, -0.05) is 24.8 Å². The van der Waals surface area contributed by atoms with Crippen molar-refractivity contribution < 1.29 is 19.4 Å². The molecule has 0 amide bonds. The number of ether oxygens (including phenoxy) is 1. The molecule has 4 heteroatoms. The van der Waals surface area contributed by atoms with Crippen LogP contribution in [-0.2, 0) is 9.53 Å². The number of rotatable bonds is 5. The Balaban J connectivity index is 2.48. The van der Waals surface area contributed by atoms with Gasteiger partial charge in [-0.15, -0.1) is 0 Å². The van der Waals surface area contributed by atoms with Crippen LogP contribution >= 0.6 is 0 Å². The molecule has 0 radical (unpaired) electrons. The summed E-state index contributed by atoms with van der Waals surface area (Å²) in [7, 11) is 0. The maximum absolute atomic E-state index is 11.4. The van der Waals surface area contributed by atoms with Gasteiger partial charge in [0.1, 0.15) is 6.61 Å². The standard InChI is InChI=1S/C12H12O4/c1-2-10(13)11(14)8-16-12(15)9-6-4-3-5-7-9/h2-7,11,14H,1,8H2. The Hall–Kier alpha value is -1.94. The lowest BCUT2D eigenvalue weighted by Crippen LogP contribution is -2.25. The third kappa shape index (κ3) is 3.33. The van der Waals surface area contributed by atoms with E-state index >= 15 is 0 Å². The van der Waals surface area contributed by atoms with Crippen molar-refractivity contribution in [1.29, 1.82) is 0 Å². The van der Waals surface area contributed by atoms with Gasteiger partial charge in [-0.05, 0) is 18.2 Å². The fraction of sp³-hybridized carbons (Fsp3) is 0.167. The predicted molar refractivity (Wildman–Crippen MR) is 57.9 cm³/mol. The first-order chi connectivity index (χ1) is 7.65. The Kier molecular flexibility index (Phi) is 4.42. The van der Waals surface area contributed by atoms with Gasteiger partial charge in [0.05, 0.1) is 5.56 Å². The summed E-state index contributed by atoms with van der Waals surface area (Å²) in [6.45, 7) is 2.85. The maximum atomic E-state index is 11.4. The summed E-state index contributed by atoms with van der Waals surface area (Å²) in [5.74, 6) is -1.14. The number of esters is 1. The van der Waals surface area contributed by atoms with Crippen molar-refractivity contribution in [3.63, 3.8) is 0 Å². The predicted octanol–water partition coefficient (Wildman–Crippen LogP) is 0.959. The molecule has 0 spiro atoms. The zero-order valence-corrected chi connectivity index (χ0v) is 8.63. The van der Waals surface area contributed by atoms with Crippen LogP contribution in [0.3, 0.4) is 0 Å². The maximum Gasteiger partial charge on any atom is 0.338 e. The smallest absolute Gasteiger partial charge is 0.338 e. The molecule has 0 bridgehead atoms. The van der Waals surface area contributed by atoms with E-state index < -0.39 is 17.9 Å². The number of aliphatic hydroxyl groups excluding tert-OH is 1. The normalized spacial score (nSPS) is 11.6. The van der Waals surface area contributed by atoms with Gasteiger partial charge in [-0.2, -0.15) is 0 Å². The Labute approximate surface area is 93.2 Å². The van der Waals surface area contributed by atoms with Gasteiger partial charge in [0.15, 0.2) is 11.9 Å². The zero-order valence-electron chi connectivity index (χ0n) is 8.63. The van der Waals surface area contributed by atoms with E-state index in [9.17, 15) is 14.7 Å². The summed E-state index contributed by atoms with van der Waals surface area (Å²) in [6.07, 6.45) is -0.355. The molecule has 0 aromatic heterocycles. The zero-order chi connectivity index (χ0) is 12.0. The molecule has 1 unspecified atom stereocenters. The molecule has 0 saturated heterocycles. The minimum Gasteiger partial charge on any atom is -0.459 e. The van der Waals surface area contributed by atoms with Crippen LogP contribution in [0.25, 0.3) is 0 Å². The molecule has 1 N–H and O–H groups in total. The van der Waals surface area contributed by atoms with E-state index in [0.29, 0.717) is 5.56 Å². The number of hydrogen-bond acceptors (Lipinski definition) is 4. The molecule has 16 heavy (non-hydrogen) atoms. The monoisotopic (exact) mass is 220 g/mol. The minimum absolute atomic E-state index is 0.363. The quantitative estimate of drug-likeness (QED) is 0.593. The first kappa shape index (κ1) is 12.1. The van der Waals surface area contributed by atoms with Gasteiger partial charge in [-0.3, -0.25) is 4.79 Å². The van der Waals surface area contributed by atoms with Gasteiger partial charge in [0.25, 0.3) is 0 Å². The number of benzene rings is 1. The van der Waals surface area contributed by atoms with Gasteiger partial charge in [0, 0.05) is 0 Å². The number of ketones is 1. The Morgan fingerprint density at radius 3 is 2.56 bits per heavy atom. The van der Waals surface area contributed by atoms with Gasteiger partial charge < -0.3 is 9.84 Å². The van der Waals surface area contributed by atoms with E-state index in [1.54, 1.807) is 30.3 Å². The van der Waals surface area contributed by atoms with Crippen LogP contribution in [0.5, 0.6) is 0 Å². The third-order valence-corrected chi connectivity index (χ3v) is 1.91. The van der Waals surface area contributed by atoms with Crippen molar-refractivity contribution >= 4 is 11.8 Å². The van der Waals surface area contributed by atoms with Crippen molar-refractivity contribution in [2.45, 2.75) is 6.10 Å². The van der Waals surface area contributed by atoms with Crippen molar-refractivity contribution in [2.75, 3.05) is 6.61 Å². The van der Waals surface area contributed by atoms with Crippen molar-refractivity contribution in [3.8, 4) is 0 Å². The number of carbonyl (C=O) groups excluding carboxylic acids is 2. The molecule has 0 aliphatic heterocycles. The average molecular weight is 220 g/mol. The molecule has 0 fully saturated rings. The second kappa shape index (κ2) is 5.82. The Morgan fingerprint density at radius 1 is 1.38 bits per heavy atom. The van der Waals surface area contributed by atoms with Crippen molar-refractivity contribution in [3.05, 3.63) is 48.6 Å². The van der Waals surface area contributed by atoms with Crippen LogP contribution in [0.15, 0.2) is 43.0 Å². The second-order valence-electron chi connectivity index (χ2n) is 3.09. The molecule has 1 atom stereocenters. The van der Waals surface area contributed by atoms with Crippen LogP contribution < -0.4 is 0 Å². The van der Waals surface area contributed by atoms with E-state index in [1.807, 2.05) is 0 Å². The molecular weight excluding hydrogens is 208 g/mol. The number of carbonyl (C=O) groups is 2. The lowest BCUT2D eigenvalue weighted by atomic mass is 10.2. The van der Waals surface area contributed by atoms with Crippen LogP contribution in [-0.4, -0.2) is 29.6 Å². The van der Waals surface area contributed by atoms with E-state index in [0.717, 1.165) is 6.08 Å². The number of aliphatic hydroxyl groups is 1. The van der Waals surface area contributed by atoms with Gasteiger partial charge in [0.2, 0.25) is 0 Å². The first-order valence-corrected chi connectivity index (χ1v) is 4.71. The Morgan fingerprint density at radius 2 is 2.00 bits per heavy atom. The highest BCUT2D eigenvalue weighted by molar-refractivity contribution is 5.93. The van der Waals surface area contributed by atoms with Crippen molar-refractivity contribution in [1.82, 2.24) is 0 Å². The summed E-state index contributed by atoms with van der Waals surface area (Å²) in [5.41, 5.74) is 0.376. The minimum atomic E-state index is -1.34. The SMILES string of the molecule is C=CC(=O)C(O)COC(=O)c1ccccc1. The lowest BCUT2D eigenvalue weighted by Gasteiger charge is -2.08. The third-order valence-electron chi connectivity index (χ3n) is 1.91. The van der Waals surface area contributed by atoms with E-state index in [-0.39, 0.29) is 6.61 Å². The molecule has 0 saturated carbocycles. The summed E-state index contributed by atoms with van der Waals surface area (Å²) in [6, 6.07) is 8.34. The van der Waals surface area contributed by atoms with Crippen molar-refractivity contribution in [2.24, 2.45) is 0 Å². The average Bonchev–Trinajstić information content (AvgIpc) is 2.35. The molecule has 0 aliphatic carbocycles. The van der Waals surface area contributed by atoms with Crippen LogP contribution in [0.1, 0.15) is 10.4 Å². The summed E-state index contributed by atoms with van der Waals surface area (Å²) in [4.78, 5) is 22.3. The fourth-order valence-corrected chi connectivity index (χ4v) is 1.03. The molecule has 1 aromatic rings. The first-order valence-electron chi connectivity index (χ1n) is 4.71. The van der Waals surface area contributed by atoms with Crippen LogP contribution in [0.4, 0.5) is 0 Å². The molecule has 1 rings (SSSR count). The summed E-state index contributed by atoms with van der Waals surface area (Å²) in [5, 5.41) is 9.22. The highest BCUT2D eigenvalue weighted by Crippen LogP contribution is 2.01. The van der Waals surface area contributed by atoms with Crippen LogP contribution in [0, 0.1) is 0 Å². The van der Waals surface area contributed by atoms with Gasteiger partial charge >= 0.3 is 5.97 Å². The summed E-state index contributed by atoms with van der Waals surface area (Å²) < 4.78 is 4.76. The molecule has 0 aliphatic rings. The molecular formula is C12H12O4. The largest absolute Gasteiger partial charge is 0.459 e. The van der Waals surface area contributed by atoms with Gasteiger partial charge in [-0.25, -0.2) is 4.79 Å². The lowest BCUT2D eigenvalue weighted by molar-refractivity contribution is -0.124. The molecule has 84 valence electrons. The van der Waals surface area contributed by atoms with E-state index in [1.165, 1.54) is 0 Å². The van der Waals surface area contributed by atoms with E-state index in [2.05, 4.69) is 6.58 Å². The molecule has 0 heterocycles. The topological polar surface area (TPSA) is 63.6 Å². The molecule has 4 nitrogen and oxygen atoms in total. The molecule has 1 aromatic carbocycles. The summed E-state index contributed by atoms with van der Waals surface area (Å²) >= 11 is 0. The van der Waals surface area contributed by atoms with Crippen LogP contribution in [0.2, 0.25) is 0 Å². The number of hydrogen-bond donors (Lipinski definition) is 1. The Bertz CT molecular complexity index is 383. The fourth-order valence-electron chi connectivity index (χ4n) is 1.03. The second-order valence-corrected chi connectivity index (χ2v) is 3.09. The van der Waals surface area contributed by atoms with E-state index in [4.69, 9.17) is 4.74 Å². The highest BCUT2D eigenvalue weighted by Gasteiger charge is 2.14. The highest BCUT2D eigenvalue weighted by atomic mass is 16.5.